The van der Waals surface area contributed by atoms with Crippen molar-refractivity contribution in [3.8, 4) is 0 Å². The molecule has 7 heteroatoms. The van der Waals surface area contributed by atoms with Gasteiger partial charge in [0.25, 0.3) is 0 Å². The number of hydrogen-bond acceptors (Lipinski definition) is 4. The number of sulfonamides is 1. The summed E-state index contributed by atoms with van der Waals surface area (Å²) in [4.78, 5) is 15.9. The van der Waals surface area contributed by atoms with E-state index in [0.29, 0.717) is 25.9 Å². The van der Waals surface area contributed by atoms with Crippen LogP contribution in [0.15, 0.2) is 29.2 Å². The van der Waals surface area contributed by atoms with Crippen LogP contribution in [-0.4, -0.2) is 50.3 Å². The number of carbonyl (C=O) groups excluding carboxylic acids is 1. The van der Waals surface area contributed by atoms with Crippen LogP contribution in [0.4, 0.5) is 5.69 Å². The molecule has 0 saturated carbocycles. The van der Waals surface area contributed by atoms with Crippen LogP contribution < -0.4 is 4.90 Å². The Morgan fingerprint density at radius 2 is 1.86 bits per heavy atom. The lowest BCUT2D eigenvalue weighted by Gasteiger charge is -2.35. The number of piperidine rings is 1. The number of benzene rings is 1. The minimum atomic E-state index is -3.14. The van der Waals surface area contributed by atoms with Gasteiger partial charge in [0, 0.05) is 36.2 Å². The third kappa shape index (κ3) is 3.16. The molecule has 1 saturated heterocycles. The molecule has 22 heavy (non-hydrogen) atoms. The molecule has 0 spiro atoms. The van der Waals surface area contributed by atoms with E-state index in [2.05, 4.69) is 0 Å². The third-order valence-corrected chi connectivity index (χ3v) is 6.61. The normalized spacial score (nSPS) is 20.7. The van der Waals surface area contributed by atoms with E-state index >= 15 is 0 Å². The molecule has 5 nitrogen and oxygen atoms in total. The molecule has 1 fully saturated rings. The number of nitrogens with zero attached hydrogens (tertiary/aromatic N) is 2. The van der Waals surface area contributed by atoms with Gasteiger partial charge < -0.3 is 4.90 Å². The van der Waals surface area contributed by atoms with Gasteiger partial charge in [-0.05, 0) is 25.0 Å². The first kappa shape index (κ1) is 15.8. The molecule has 1 aromatic carbocycles. The van der Waals surface area contributed by atoms with Crippen molar-refractivity contribution in [2.75, 3.05) is 36.5 Å². The van der Waals surface area contributed by atoms with E-state index in [9.17, 15) is 13.2 Å². The van der Waals surface area contributed by atoms with E-state index < -0.39 is 10.0 Å². The Labute approximate surface area is 135 Å². The minimum Gasteiger partial charge on any atom is -0.310 e. The van der Waals surface area contributed by atoms with E-state index in [0.717, 1.165) is 22.9 Å². The Bertz CT molecular complexity index is 667. The first-order valence-electron chi connectivity index (χ1n) is 7.45. The van der Waals surface area contributed by atoms with Gasteiger partial charge in [-0.1, -0.05) is 12.1 Å². The van der Waals surface area contributed by atoms with Crippen LogP contribution >= 0.6 is 11.8 Å². The highest BCUT2D eigenvalue weighted by atomic mass is 32.2. The maximum Gasteiger partial charge on any atom is 0.230 e. The molecule has 2 aliphatic rings. The summed E-state index contributed by atoms with van der Waals surface area (Å²) < 4.78 is 24.6. The number of carbonyl (C=O) groups is 1. The molecule has 0 bridgehead atoms. The van der Waals surface area contributed by atoms with E-state index in [1.807, 2.05) is 29.2 Å². The van der Waals surface area contributed by atoms with Crippen molar-refractivity contribution in [1.29, 1.82) is 0 Å². The van der Waals surface area contributed by atoms with Gasteiger partial charge in [0.2, 0.25) is 15.9 Å². The molecule has 0 N–H and O–H groups in total. The second-order valence-electron chi connectivity index (χ2n) is 5.74. The summed E-state index contributed by atoms with van der Waals surface area (Å²) in [5.74, 6) is 0.973. The first-order valence-corrected chi connectivity index (χ1v) is 10.3. The predicted octanol–water partition coefficient (Wildman–Crippen LogP) is 1.80. The zero-order chi connectivity index (χ0) is 15.7. The van der Waals surface area contributed by atoms with Gasteiger partial charge in [0.15, 0.2) is 0 Å². The molecular weight excluding hydrogens is 320 g/mol. The van der Waals surface area contributed by atoms with Crippen molar-refractivity contribution in [2.24, 2.45) is 5.92 Å². The summed E-state index contributed by atoms with van der Waals surface area (Å²) >= 11 is 1.78. The van der Waals surface area contributed by atoms with Crippen molar-refractivity contribution in [3.63, 3.8) is 0 Å². The molecular formula is C15H20N2O3S2. The molecule has 1 aromatic rings. The number of hydrogen-bond donors (Lipinski definition) is 0. The highest BCUT2D eigenvalue weighted by Gasteiger charge is 2.33. The van der Waals surface area contributed by atoms with Crippen molar-refractivity contribution >= 4 is 33.4 Å². The van der Waals surface area contributed by atoms with Gasteiger partial charge in [-0.15, -0.1) is 11.8 Å². The number of fused-ring (bicyclic) bond motifs is 1. The van der Waals surface area contributed by atoms with E-state index in [1.165, 1.54) is 10.6 Å². The Morgan fingerprint density at radius 3 is 2.55 bits per heavy atom. The molecule has 0 radical (unpaired) electrons. The summed E-state index contributed by atoms with van der Waals surface area (Å²) in [6, 6.07) is 7.98. The smallest absolute Gasteiger partial charge is 0.230 e. The second-order valence-corrected chi connectivity index (χ2v) is 8.86. The van der Waals surface area contributed by atoms with Gasteiger partial charge in [-0.25, -0.2) is 12.7 Å². The third-order valence-electron chi connectivity index (χ3n) is 4.27. The average Bonchev–Trinajstić information content (AvgIpc) is 2.53. The summed E-state index contributed by atoms with van der Waals surface area (Å²) in [7, 11) is -3.14. The van der Waals surface area contributed by atoms with Crippen molar-refractivity contribution in [2.45, 2.75) is 17.7 Å². The molecule has 0 aromatic heterocycles. The van der Waals surface area contributed by atoms with Crippen molar-refractivity contribution in [3.05, 3.63) is 24.3 Å². The number of thioether (sulfide) groups is 1. The highest BCUT2D eigenvalue weighted by Crippen LogP contribution is 2.36. The maximum absolute atomic E-state index is 12.8. The standard InChI is InChI=1S/C15H20N2O3S2/c1-22(19,20)16-8-6-12(7-9-16)15(18)17-10-11-21-14-5-3-2-4-13(14)17/h2-5,12H,6-11H2,1H3. The van der Waals surface area contributed by atoms with E-state index in [-0.39, 0.29) is 11.8 Å². The van der Waals surface area contributed by atoms with Crippen LogP contribution in [0.3, 0.4) is 0 Å². The molecule has 3 rings (SSSR count). The minimum absolute atomic E-state index is 0.0749. The SMILES string of the molecule is CS(=O)(=O)N1CCC(C(=O)N2CCSc3ccccc32)CC1. The topological polar surface area (TPSA) is 57.7 Å². The zero-order valence-electron chi connectivity index (χ0n) is 12.6. The van der Waals surface area contributed by atoms with Crippen molar-refractivity contribution < 1.29 is 13.2 Å². The Morgan fingerprint density at radius 1 is 1.18 bits per heavy atom. The van der Waals surface area contributed by atoms with Crippen LogP contribution in [-0.2, 0) is 14.8 Å². The number of anilines is 1. The Kier molecular flexibility index (Phi) is 4.47. The highest BCUT2D eigenvalue weighted by molar-refractivity contribution is 7.99. The van der Waals surface area contributed by atoms with Crippen LogP contribution in [0.5, 0.6) is 0 Å². The van der Waals surface area contributed by atoms with Gasteiger partial charge >= 0.3 is 0 Å². The molecule has 120 valence electrons. The molecule has 0 unspecified atom stereocenters. The second kappa shape index (κ2) is 6.22. The molecule has 1 amide bonds. The van der Waals surface area contributed by atoms with Crippen LogP contribution in [0.25, 0.3) is 0 Å². The number of para-hydroxylation sites is 1. The lowest BCUT2D eigenvalue weighted by molar-refractivity contribution is -0.123. The summed E-state index contributed by atoms with van der Waals surface area (Å²) in [5.41, 5.74) is 0.995. The number of rotatable bonds is 2. The molecule has 2 aliphatic heterocycles. The lowest BCUT2D eigenvalue weighted by Crippen LogP contribution is -2.45. The molecule has 0 atom stereocenters. The largest absolute Gasteiger partial charge is 0.310 e. The van der Waals surface area contributed by atoms with Gasteiger partial charge in [-0.3, -0.25) is 4.79 Å². The van der Waals surface area contributed by atoms with Crippen molar-refractivity contribution in [1.82, 2.24) is 4.31 Å². The molecule has 2 heterocycles. The maximum atomic E-state index is 12.8. The van der Waals surface area contributed by atoms with Gasteiger partial charge in [0.05, 0.1) is 11.9 Å². The summed E-state index contributed by atoms with van der Waals surface area (Å²) in [6.45, 7) is 1.62. The summed E-state index contributed by atoms with van der Waals surface area (Å²) in [5, 5.41) is 0. The fraction of sp³-hybridized carbons (Fsp3) is 0.533. The Hall–Kier alpha value is -1.05. The lowest BCUT2D eigenvalue weighted by atomic mass is 9.96. The fourth-order valence-corrected chi connectivity index (χ4v) is 4.92. The van der Waals surface area contributed by atoms with E-state index in [1.54, 1.807) is 11.8 Å². The van der Waals surface area contributed by atoms with Crippen LogP contribution in [0.2, 0.25) is 0 Å². The fourth-order valence-electron chi connectivity index (χ4n) is 3.05. The van der Waals surface area contributed by atoms with Gasteiger partial charge in [0.1, 0.15) is 0 Å². The van der Waals surface area contributed by atoms with Crippen LogP contribution in [0, 0.1) is 5.92 Å². The predicted molar refractivity (Wildman–Crippen MR) is 88.7 cm³/mol. The van der Waals surface area contributed by atoms with Crippen LogP contribution in [0.1, 0.15) is 12.8 Å². The number of amides is 1. The molecule has 0 aliphatic carbocycles. The van der Waals surface area contributed by atoms with E-state index in [4.69, 9.17) is 0 Å². The Balaban J connectivity index is 1.71. The van der Waals surface area contributed by atoms with Gasteiger partial charge in [-0.2, -0.15) is 0 Å². The zero-order valence-corrected chi connectivity index (χ0v) is 14.2. The first-order chi connectivity index (χ1) is 10.5. The monoisotopic (exact) mass is 340 g/mol. The quantitative estimate of drug-likeness (QED) is 0.824. The summed E-state index contributed by atoms with van der Waals surface area (Å²) in [6.07, 6.45) is 2.45. The average molecular weight is 340 g/mol.